The third-order valence-corrected chi connectivity index (χ3v) is 7.25. The van der Waals surface area contributed by atoms with E-state index < -0.39 is 7.92 Å². The normalized spacial score (nSPS) is 18.5. The predicted octanol–water partition coefficient (Wildman–Crippen LogP) is 4.35. The topological polar surface area (TPSA) is 21.6 Å². The Morgan fingerprint density at radius 3 is 1.96 bits per heavy atom. The van der Waals surface area contributed by atoms with E-state index >= 15 is 0 Å². The Labute approximate surface area is 146 Å². The molecule has 0 spiro atoms. The summed E-state index contributed by atoms with van der Waals surface area (Å²) in [4.78, 5) is 4.80. The molecule has 0 N–H and O–H groups in total. The van der Waals surface area contributed by atoms with Gasteiger partial charge in [-0.25, -0.2) is 4.99 Å². The van der Waals surface area contributed by atoms with Crippen molar-refractivity contribution in [2.24, 2.45) is 10.9 Å². The van der Waals surface area contributed by atoms with Gasteiger partial charge in [0, 0.05) is 6.42 Å². The molecule has 2 aromatic rings. The minimum absolute atomic E-state index is 0.326. The van der Waals surface area contributed by atoms with Crippen LogP contribution in [0.3, 0.4) is 0 Å². The summed E-state index contributed by atoms with van der Waals surface area (Å²) in [5.74, 6) is 1.49. The van der Waals surface area contributed by atoms with Crippen molar-refractivity contribution in [2.75, 3.05) is 6.61 Å². The van der Waals surface area contributed by atoms with Gasteiger partial charge < -0.3 is 4.74 Å². The van der Waals surface area contributed by atoms with E-state index in [2.05, 4.69) is 81.4 Å². The zero-order valence-corrected chi connectivity index (χ0v) is 15.6. The quantitative estimate of drug-likeness (QED) is 0.717. The van der Waals surface area contributed by atoms with Crippen molar-refractivity contribution in [3.8, 4) is 0 Å². The number of nitrogens with zero attached hydrogens (tertiary/aromatic N) is 1. The Kier molecular flexibility index (Phi) is 5.68. The van der Waals surface area contributed by atoms with E-state index in [4.69, 9.17) is 9.73 Å². The van der Waals surface area contributed by atoms with Gasteiger partial charge in [0.25, 0.3) is 0 Å². The van der Waals surface area contributed by atoms with E-state index in [-0.39, 0.29) is 0 Å². The maximum Gasteiger partial charge on any atom is 0.184 e. The van der Waals surface area contributed by atoms with Crippen LogP contribution in [0.2, 0.25) is 0 Å². The molecule has 1 aliphatic rings. The van der Waals surface area contributed by atoms with E-state index in [0.717, 1.165) is 18.9 Å². The number of hydrogen-bond donors (Lipinski definition) is 0. The number of rotatable bonds is 6. The molecule has 0 amide bonds. The van der Waals surface area contributed by atoms with E-state index in [1.165, 1.54) is 10.6 Å². The Balaban J connectivity index is 1.82. The van der Waals surface area contributed by atoms with Crippen molar-refractivity contribution in [3.05, 3.63) is 60.7 Å². The molecule has 0 unspecified atom stereocenters. The van der Waals surface area contributed by atoms with Gasteiger partial charge in [-0.2, -0.15) is 0 Å². The van der Waals surface area contributed by atoms with Crippen LogP contribution in [-0.4, -0.2) is 24.2 Å². The van der Waals surface area contributed by atoms with Crippen LogP contribution < -0.4 is 10.6 Å². The fourth-order valence-corrected chi connectivity index (χ4v) is 5.71. The highest BCUT2D eigenvalue weighted by Crippen LogP contribution is 2.41. The van der Waals surface area contributed by atoms with Crippen molar-refractivity contribution in [1.29, 1.82) is 0 Å². The first-order chi connectivity index (χ1) is 11.6. The van der Waals surface area contributed by atoms with E-state index in [1.807, 2.05) is 0 Å². The molecular formula is C21H26NOP. The zero-order chi connectivity index (χ0) is 16.9. The molecule has 1 aliphatic heterocycles. The van der Waals surface area contributed by atoms with Crippen molar-refractivity contribution in [1.82, 2.24) is 0 Å². The van der Waals surface area contributed by atoms with Crippen molar-refractivity contribution in [3.63, 3.8) is 0 Å². The molecule has 0 saturated carbocycles. The zero-order valence-electron chi connectivity index (χ0n) is 14.7. The molecular weight excluding hydrogens is 313 g/mol. The second kappa shape index (κ2) is 7.94. The first-order valence-electron chi connectivity index (χ1n) is 8.74. The summed E-state index contributed by atoms with van der Waals surface area (Å²) in [6.45, 7) is 7.50. The summed E-state index contributed by atoms with van der Waals surface area (Å²) < 4.78 is 5.88. The maximum absolute atomic E-state index is 5.88. The first kappa shape index (κ1) is 17.2. The van der Waals surface area contributed by atoms with E-state index in [9.17, 15) is 0 Å². The molecule has 0 aromatic heterocycles. The monoisotopic (exact) mass is 339 g/mol. The molecule has 0 radical (unpaired) electrons. The van der Waals surface area contributed by atoms with Gasteiger partial charge in [-0.1, -0.05) is 81.4 Å². The Bertz CT molecular complexity index is 629. The number of ether oxygens (including phenoxy) is 1. The van der Waals surface area contributed by atoms with Crippen molar-refractivity contribution >= 4 is 24.4 Å². The fourth-order valence-electron chi connectivity index (χ4n) is 3.07. The van der Waals surface area contributed by atoms with Crippen molar-refractivity contribution in [2.45, 2.75) is 38.9 Å². The molecule has 0 aliphatic carbocycles. The maximum atomic E-state index is 5.88. The molecule has 0 fully saturated rings. The summed E-state index contributed by atoms with van der Waals surface area (Å²) in [6.07, 6.45) is 0.915. The second-order valence-corrected chi connectivity index (χ2v) is 9.39. The van der Waals surface area contributed by atoms with Crippen LogP contribution in [0, 0.1) is 5.92 Å². The van der Waals surface area contributed by atoms with Gasteiger partial charge in [0.05, 0.1) is 6.04 Å². The number of aliphatic imine (C=N–C) groups is 1. The number of hydrogen-bond acceptors (Lipinski definition) is 2. The molecule has 2 nitrogen and oxygen atoms in total. The average Bonchev–Trinajstić information content (AvgIpc) is 3.06. The van der Waals surface area contributed by atoms with Crippen LogP contribution in [0.4, 0.5) is 0 Å². The van der Waals surface area contributed by atoms with Crippen LogP contribution in [0.1, 0.15) is 27.2 Å². The standard InChI is InChI=1S/C21H26NOP/c1-16(2)20-15-23-21(22-20)14-17(3)24(18-10-6-4-7-11-18)19-12-8-5-9-13-19/h4-13,16-17,20H,14-15H2,1-3H3/t17-,20+/m0/s1. The first-order valence-corrected chi connectivity index (χ1v) is 10.1. The lowest BCUT2D eigenvalue weighted by Crippen LogP contribution is -2.22. The van der Waals surface area contributed by atoms with Crippen LogP contribution in [0.15, 0.2) is 65.7 Å². The summed E-state index contributed by atoms with van der Waals surface area (Å²) in [5.41, 5.74) is 0.495. The third kappa shape index (κ3) is 4.05. The van der Waals surface area contributed by atoms with Gasteiger partial charge in [-0.3, -0.25) is 0 Å². The molecule has 2 atom stereocenters. The Morgan fingerprint density at radius 2 is 1.50 bits per heavy atom. The van der Waals surface area contributed by atoms with Crippen molar-refractivity contribution < 1.29 is 4.74 Å². The summed E-state index contributed by atoms with van der Waals surface area (Å²) >= 11 is 0. The third-order valence-electron chi connectivity index (χ3n) is 4.48. The van der Waals surface area contributed by atoms with E-state index in [1.54, 1.807) is 0 Å². The molecule has 1 heterocycles. The van der Waals surface area contributed by atoms with E-state index in [0.29, 0.717) is 17.6 Å². The molecule has 0 saturated heterocycles. The van der Waals surface area contributed by atoms with Gasteiger partial charge in [-0.15, -0.1) is 0 Å². The molecule has 3 heteroatoms. The lowest BCUT2D eigenvalue weighted by Gasteiger charge is -2.25. The Morgan fingerprint density at radius 1 is 0.958 bits per heavy atom. The Hall–Kier alpha value is -1.66. The minimum Gasteiger partial charge on any atom is -0.479 e. The van der Waals surface area contributed by atoms with Gasteiger partial charge in [0.15, 0.2) is 5.90 Å². The lowest BCUT2D eigenvalue weighted by molar-refractivity contribution is 0.286. The van der Waals surface area contributed by atoms with Gasteiger partial charge in [-0.05, 0) is 30.1 Å². The average molecular weight is 339 g/mol. The molecule has 24 heavy (non-hydrogen) atoms. The highest BCUT2D eigenvalue weighted by atomic mass is 31.1. The van der Waals surface area contributed by atoms with Gasteiger partial charge in [0.2, 0.25) is 0 Å². The van der Waals surface area contributed by atoms with Crippen LogP contribution in [-0.2, 0) is 4.74 Å². The smallest absolute Gasteiger partial charge is 0.184 e. The SMILES string of the molecule is CC(C)[C@H]1COC(C[C@H](C)P(c2ccccc2)c2ccccc2)=N1. The van der Waals surface area contributed by atoms with Crippen LogP contribution >= 0.6 is 7.92 Å². The molecule has 0 bridgehead atoms. The number of benzene rings is 2. The lowest BCUT2D eigenvalue weighted by atomic mass is 10.1. The van der Waals surface area contributed by atoms with Gasteiger partial charge >= 0.3 is 0 Å². The molecule has 126 valence electrons. The fraction of sp³-hybridized carbons (Fsp3) is 0.381. The largest absolute Gasteiger partial charge is 0.479 e. The highest BCUT2D eigenvalue weighted by Gasteiger charge is 2.27. The summed E-state index contributed by atoms with van der Waals surface area (Å²) in [7, 11) is -0.419. The second-order valence-electron chi connectivity index (χ2n) is 6.74. The van der Waals surface area contributed by atoms with Crippen LogP contribution in [0.5, 0.6) is 0 Å². The molecule has 2 aromatic carbocycles. The van der Waals surface area contributed by atoms with Gasteiger partial charge in [0.1, 0.15) is 6.61 Å². The van der Waals surface area contributed by atoms with Crippen LogP contribution in [0.25, 0.3) is 0 Å². The summed E-state index contributed by atoms with van der Waals surface area (Å²) in [5, 5.41) is 2.84. The predicted molar refractivity (Wildman–Crippen MR) is 105 cm³/mol. The minimum atomic E-state index is -0.419. The summed E-state index contributed by atoms with van der Waals surface area (Å²) in [6, 6.07) is 22.1. The molecule has 3 rings (SSSR count). The highest BCUT2D eigenvalue weighted by molar-refractivity contribution is 7.73.